The van der Waals surface area contributed by atoms with Crippen LogP contribution in [-0.4, -0.2) is 26.4 Å². The molecule has 0 unspecified atom stereocenters. The summed E-state index contributed by atoms with van der Waals surface area (Å²) in [6.45, 7) is 3.05. The van der Waals surface area contributed by atoms with Crippen LogP contribution in [0.5, 0.6) is 0 Å². The van der Waals surface area contributed by atoms with Gasteiger partial charge in [0.15, 0.2) is 0 Å². The third-order valence-electron chi connectivity index (χ3n) is 3.70. The van der Waals surface area contributed by atoms with Gasteiger partial charge in [-0.2, -0.15) is 0 Å². The summed E-state index contributed by atoms with van der Waals surface area (Å²) in [5.74, 6) is 1.10. The molecule has 0 bridgehead atoms. The highest BCUT2D eigenvalue weighted by molar-refractivity contribution is 5.73. The van der Waals surface area contributed by atoms with Crippen molar-refractivity contribution in [3.8, 4) is 0 Å². The zero-order chi connectivity index (χ0) is 13.9. The van der Waals surface area contributed by atoms with Crippen molar-refractivity contribution in [1.29, 1.82) is 0 Å². The van der Waals surface area contributed by atoms with Crippen molar-refractivity contribution in [2.75, 3.05) is 0 Å². The monoisotopic (exact) mass is 269 g/mol. The van der Waals surface area contributed by atoms with Gasteiger partial charge in [0, 0.05) is 31.9 Å². The molecule has 0 atom stereocenters. The average molecular weight is 269 g/mol. The van der Waals surface area contributed by atoms with Gasteiger partial charge in [0.25, 0.3) is 0 Å². The molecule has 0 radical (unpaired) electrons. The molecule has 1 aliphatic carbocycles. The Morgan fingerprint density at radius 1 is 1.35 bits per heavy atom. The van der Waals surface area contributed by atoms with Crippen molar-refractivity contribution in [3.63, 3.8) is 0 Å². The SMILES string of the molecule is CC(=O)N(Cc1nccn1Cc1ccccc1)C1CC1. The molecule has 0 aliphatic heterocycles. The molecule has 1 aliphatic rings. The molecule has 0 spiro atoms. The van der Waals surface area contributed by atoms with Crippen molar-refractivity contribution in [1.82, 2.24) is 14.5 Å². The first-order chi connectivity index (χ1) is 9.74. The first-order valence-corrected chi connectivity index (χ1v) is 7.05. The van der Waals surface area contributed by atoms with Crippen LogP contribution >= 0.6 is 0 Å². The number of carbonyl (C=O) groups excluding carboxylic acids is 1. The van der Waals surface area contributed by atoms with Gasteiger partial charge in [-0.05, 0) is 18.4 Å². The largest absolute Gasteiger partial charge is 0.332 e. The minimum absolute atomic E-state index is 0.141. The summed E-state index contributed by atoms with van der Waals surface area (Å²) < 4.78 is 2.12. The van der Waals surface area contributed by atoms with Crippen molar-refractivity contribution >= 4 is 5.91 Å². The van der Waals surface area contributed by atoms with Gasteiger partial charge < -0.3 is 9.47 Å². The Balaban J connectivity index is 1.74. The molecule has 0 N–H and O–H groups in total. The predicted octanol–water partition coefficient (Wildman–Crippen LogP) is 2.44. The normalized spacial score (nSPS) is 14.2. The van der Waals surface area contributed by atoms with E-state index in [-0.39, 0.29) is 5.91 Å². The number of carbonyl (C=O) groups is 1. The van der Waals surface area contributed by atoms with Crippen molar-refractivity contribution in [2.24, 2.45) is 0 Å². The Morgan fingerprint density at radius 2 is 2.10 bits per heavy atom. The number of nitrogens with zero attached hydrogens (tertiary/aromatic N) is 3. The maximum atomic E-state index is 11.7. The van der Waals surface area contributed by atoms with E-state index in [1.165, 1.54) is 5.56 Å². The van der Waals surface area contributed by atoms with Crippen LogP contribution in [0.1, 0.15) is 31.2 Å². The van der Waals surface area contributed by atoms with E-state index in [1.807, 2.05) is 35.5 Å². The third-order valence-corrected chi connectivity index (χ3v) is 3.70. The summed E-state index contributed by atoms with van der Waals surface area (Å²) in [5, 5.41) is 0. The smallest absolute Gasteiger partial charge is 0.220 e. The van der Waals surface area contributed by atoms with Gasteiger partial charge in [0.2, 0.25) is 5.91 Å². The fourth-order valence-electron chi connectivity index (χ4n) is 2.45. The van der Waals surface area contributed by atoms with Crippen LogP contribution in [0.25, 0.3) is 0 Å². The lowest BCUT2D eigenvalue weighted by Crippen LogP contribution is -2.31. The minimum atomic E-state index is 0.141. The summed E-state index contributed by atoms with van der Waals surface area (Å²) in [4.78, 5) is 18.1. The zero-order valence-corrected chi connectivity index (χ0v) is 11.7. The van der Waals surface area contributed by atoms with Crippen LogP contribution in [0.15, 0.2) is 42.7 Å². The average Bonchev–Trinajstić information content (AvgIpc) is 3.19. The molecule has 4 nitrogen and oxygen atoms in total. The van der Waals surface area contributed by atoms with E-state index in [2.05, 4.69) is 21.7 Å². The van der Waals surface area contributed by atoms with E-state index in [0.29, 0.717) is 12.6 Å². The van der Waals surface area contributed by atoms with E-state index >= 15 is 0 Å². The highest BCUT2D eigenvalue weighted by Gasteiger charge is 2.31. The van der Waals surface area contributed by atoms with Gasteiger partial charge in [-0.25, -0.2) is 4.98 Å². The van der Waals surface area contributed by atoms with E-state index in [1.54, 1.807) is 6.92 Å². The van der Waals surface area contributed by atoms with Crippen LogP contribution in [-0.2, 0) is 17.9 Å². The Bertz CT molecular complexity index is 587. The number of benzene rings is 1. The summed E-state index contributed by atoms with van der Waals surface area (Å²) in [7, 11) is 0. The van der Waals surface area contributed by atoms with Crippen molar-refractivity contribution < 1.29 is 4.79 Å². The summed E-state index contributed by atoms with van der Waals surface area (Å²) in [5.41, 5.74) is 1.24. The number of hydrogen-bond acceptors (Lipinski definition) is 2. The van der Waals surface area contributed by atoms with Crippen molar-refractivity contribution in [3.05, 3.63) is 54.1 Å². The van der Waals surface area contributed by atoms with Gasteiger partial charge in [-0.3, -0.25) is 4.79 Å². The quantitative estimate of drug-likeness (QED) is 0.836. The van der Waals surface area contributed by atoms with Crippen LogP contribution in [0.3, 0.4) is 0 Å². The lowest BCUT2D eigenvalue weighted by molar-refractivity contribution is -0.130. The minimum Gasteiger partial charge on any atom is -0.332 e. The number of imidazole rings is 1. The van der Waals surface area contributed by atoms with E-state index in [0.717, 1.165) is 25.2 Å². The van der Waals surface area contributed by atoms with Crippen LogP contribution in [0, 0.1) is 0 Å². The highest BCUT2D eigenvalue weighted by Crippen LogP contribution is 2.28. The van der Waals surface area contributed by atoms with Gasteiger partial charge in [0.05, 0.1) is 6.54 Å². The van der Waals surface area contributed by atoms with Gasteiger partial charge in [-0.15, -0.1) is 0 Å². The second-order valence-corrected chi connectivity index (χ2v) is 5.34. The molecule has 0 saturated heterocycles. The third kappa shape index (κ3) is 2.90. The zero-order valence-electron chi connectivity index (χ0n) is 11.7. The second-order valence-electron chi connectivity index (χ2n) is 5.34. The van der Waals surface area contributed by atoms with Gasteiger partial charge in [0.1, 0.15) is 5.82 Å². The number of hydrogen-bond donors (Lipinski definition) is 0. The van der Waals surface area contributed by atoms with E-state index < -0.39 is 0 Å². The Morgan fingerprint density at radius 3 is 2.75 bits per heavy atom. The topological polar surface area (TPSA) is 38.1 Å². The fraction of sp³-hybridized carbons (Fsp3) is 0.375. The number of aromatic nitrogens is 2. The van der Waals surface area contributed by atoms with E-state index in [9.17, 15) is 4.79 Å². The van der Waals surface area contributed by atoms with Crippen LogP contribution in [0.4, 0.5) is 0 Å². The Kier molecular flexibility index (Phi) is 3.54. The second kappa shape index (κ2) is 5.49. The van der Waals surface area contributed by atoms with E-state index in [4.69, 9.17) is 0 Å². The van der Waals surface area contributed by atoms with Gasteiger partial charge >= 0.3 is 0 Å². The fourth-order valence-corrected chi connectivity index (χ4v) is 2.45. The molecule has 4 heteroatoms. The molecule has 1 heterocycles. The highest BCUT2D eigenvalue weighted by atomic mass is 16.2. The molecule has 3 rings (SSSR count). The lowest BCUT2D eigenvalue weighted by atomic mass is 10.2. The number of amides is 1. The Hall–Kier alpha value is -2.10. The molecule has 1 saturated carbocycles. The summed E-state index contributed by atoms with van der Waals surface area (Å²) >= 11 is 0. The predicted molar refractivity (Wildman–Crippen MR) is 77.0 cm³/mol. The first-order valence-electron chi connectivity index (χ1n) is 7.05. The molecule has 1 amide bonds. The maximum absolute atomic E-state index is 11.7. The Labute approximate surface area is 119 Å². The first kappa shape index (κ1) is 12.9. The molecule has 104 valence electrons. The lowest BCUT2D eigenvalue weighted by Gasteiger charge is -2.20. The maximum Gasteiger partial charge on any atom is 0.220 e. The summed E-state index contributed by atoms with van der Waals surface area (Å²) in [6.07, 6.45) is 6.04. The standard InChI is InChI=1S/C16H19N3O/c1-13(20)19(15-7-8-15)12-16-17-9-10-18(16)11-14-5-3-2-4-6-14/h2-6,9-10,15H,7-8,11-12H2,1H3. The van der Waals surface area contributed by atoms with Crippen LogP contribution in [0.2, 0.25) is 0 Å². The summed E-state index contributed by atoms with van der Waals surface area (Å²) in [6, 6.07) is 10.7. The molecule has 2 aromatic rings. The molecule has 1 aromatic carbocycles. The van der Waals surface area contributed by atoms with Gasteiger partial charge in [-0.1, -0.05) is 30.3 Å². The molecular weight excluding hydrogens is 250 g/mol. The van der Waals surface area contributed by atoms with Crippen molar-refractivity contribution in [2.45, 2.75) is 38.9 Å². The molecule has 1 aromatic heterocycles. The van der Waals surface area contributed by atoms with Crippen LogP contribution < -0.4 is 0 Å². The molecule has 20 heavy (non-hydrogen) atoms. The number of rotatable bonds is 5. The molecule has 1 fully saturated rings. The molecular formula is C16H19N3O.